The first-order valence-electron chi connectivity index (χ1n) is 6.82. The molecule has 1 saturated heterocycles. The van der Waals surface area contributed by atoms with Crippen LogP contribution < -0.4 is 5.73 Å². The molecule has 1 fully saturated rings. The van der Waals surface area contributed by atoms with Crippen molar-refractivity contribution in [2.24, 2.45) is 11.7 Å². The molecule has 4 nitrogen and oxygen atoms in total. The summed E-state index contributed by atoms with van der Waals surface area (Å²) in [6.07, 6.45) is 1.59. The largest absolute Gasteiger partial charge is 0.481 e. The molecule has 1 aromatic rings. The molecule has 1 aliphatic rings. The summed E-state index contributed by atoms with van der Waals surface area (Å²) in [5, 5.41) is 9.21. The standard InChI is InChI=1S/C15H20N2O2S/c1-10-5-2-3-7-12(10)13(14(16)20)17-8-4-6-11(9-17)15(18)19/h2-3,5,7,11,13H,4,6,8-9H2,1H3,(H2,16,20)(H,18,19). The van der Waals surface area contributed by atoms with Gasteiger partial charge in [-0.2, -0.15) is 0 Å². The van der Waals surface area contributed by atoms with E-state index in [2.05, 4.69) is 4.90 Å². The maximum atomic E-state index is 11.2. The van der Waals surface area contributed by atoms with Crippen LogP contribution in [0.15, 0.2) is 24.3 Å². The van der Waals surface area contributed by atoms with E-state index in [4.69, 9.17) is 18.0 Å². The molecule has 0 aliphatic carbocycles. The maximum Gasteiger partial charge on any atom is 0.307 e. The van der Waals surface area contributed by atoms with Crippen LogP contribution in [-0.2, 0) is 4.79 Å². The number of rotatable bonds is 4. The molecule has 3 N–H and O–H groups in total. The van der Waals surface area contributed by atoms with Gasteiger partial charge >= 0.3 is 5.97 Å². The van der Waals surface area contributed by atoms with Crippen LogP contribution in [0, 0.1) is 12.8 Å². The number of piperidine rings is 1. The number of likely N-dealkylation sites (tertiary alicyclic amines) is 1. The van der Waals surface area contributed by atoms with Crippen LogP contribution in [-0.4, -0.2) is 34.1 Å². The van der Waals surface area contributed by atoms with Gasteiger partial charge < -0.3 is 10.8 Å². The SMILES string of the molecule is Cc1ccccc1C(C(N)=S)N1CCCC(C(=O)O)C1. The second-order valence-corrected chi connectivity index (χ2v) is 5.81. The molecular formula is C15H20N2O2S. The molecule has 108 valence electrons. The van der Waals surface area contributed by atoms with Gasteiger partial charge in [-0.3, -0.25) is 9.69 Å². The lowest BCUT2D eigenvalue weighted by Crippen LogP contribution is -2.45. The third kappa shape index (κ3) is 3.16. The Labute approximate surface area is 124 Å². The van der Waals surface area contributed by atoms with Crippen LogP contribution in [0.5, 0.6) is 0 Å². The summed E-state index contributed by atoms with van der Waals surface area (Å²) >= 11 is 5.23. The average Bonchev–Trinajstić information content (AvgIpc) is 2.41. The normalized spacial score (nSPS) is 21.4. The highest BCUT2D eigenvalue weighted by molar-refractivity contribution is 7.80. The maximum absolute atomic E-state index is 11.2. The molecule has 0 aromatic heterocycles. The van der Waals surface area contributed by atoms with Crippen molar-refractivity contribution in [1.29, 1.82) is 0 Å². The van der Waals surface area contributed by atoms with E-state index in [9.17, 15) is 9.90 Å². The predicted octanol–water partition coefficient (Wildman–Crippen LogP) is 2.12. The van der Waals surface area contributed by atoms with Gasteiger partial charge in [0.1, 0.15) is 0 Å². The van der Waals surface area contributed by atoms with E-state index in [1.807, 2.05) is 31.2 Å². The Morgan fingerprint density at radius 2 is 2.20 bits per heavy atom. The molecule has 1 aliphatic heterocycles. The Morgan fingerprint density at radius 3 is 2.80 bits per heavy atom. The Hall–Kier alpha value is -1.46. The van der Waals surface area contributed by atoms with Crippen molar-refractivity contribution in [2.45, 2.75) is 25.8 Å². The van der Waals surface area contributed by atoms with Crippen molar-refractivity contribution in [3.63, 3.8) is 0 Å². The van der Waals surface area contributed by atoms with E-state index in [0.29, 0.717) is 11.5 Å². The number of thiocarbonyl (C=S) groups is 1. The zero-order chi connectivity index (χ0) is 14.7. The third-order valence-corrected chi connectivity index (χ3v) is 4.14. The van der Waals surface area contributed by atoms with E-state index >= 15 is 0 Å². The minimum absolute atomic E-state index is 0.173. The summed E-state index contributed by atoms with van der Waals surface area (Å²) < 4.78 is 0. The number of aliphatic carboxylic acids is 1. The van der Waals surface area contributed by atoms with Crippen molar-refractivity contribution in [3.05, 3.63) is 35.4 Å². The summed E-state index contributed by atoms with van der Waals surface area (Å²) in [5.74, 6) is -1.06. The van der Waals surface area contributed by atoms with Gasteiger partial charge in [-0.15, -0.1) is 0 Å². The van der Waals surface area contributed by atoms with Crippen molar-refractivity contribution < 1.29 is 9.90 Å². The molecule has 2 unspecified atom stereocenters. The summed E-state index contributed by atoms with van der Waals surface area (Å²) in [7, 11) is 0. The van der Waals surface area contributed by atoms with Gasteiger partial charge in [-0.25, -0.2) is 0 Å². The smallest absolute Gasteiger partial charge is 0.307 e. The van der Waals surface area contributed by atoms with Crippen LogP contribution in [0.3, 0.4) is 0 Å². The summed E-state index contributed by atoms with van der Waals surface area (Å²) in [4.78, 5) is 13.7. The molecular weight excluding hydrogens is 272 g/mol. The van der Waals surface area contributed by atoms with Gasteiger partial charge in [0.05, 0.1) is 16.9 Å². The Kier molecular flexibility index (Phi) is 4.73. The minimum Gasteiger partial charge on any atom is -0.481 e. The summed E-state index contributed by atoms with van der Waals surface area (Å²) in [6.45, 7) is 3.37. The molecule has 0 amide bonds. The van der Waals surface area contributed by atoms with Crippen molar-refractivity contribution in [1.82, 2.24) is 4.90 Å². The minimum atomic E-state index is -0.735. The number of hydrogen-bond acceptors (Lipinski definition) is 3. The average molecular weight is 292 g/mol. The van der Waals surface area contributed by atoms with E-state index in [-0.39, 0.29) is 12.0 Å². The molecule has 1 heterocycles. The number of carboxylic acid groups (broad SMARTS) is 1. The molecule has 20 heavy (non-hydrogen) atoms. The molecule has 0 spiro atoms. The number of hydrogen-bond donors (Lipinski definition) is 2. The van der Waals surface area contributed by atoms with Gasteiger partial charge in [0.25, 0.3) is 0 Å². The van der Waals surface area contributed by atoms with Crippen LogP contribution in [0.25, 0.3) is 0 Å². The molecule has 1 aromatic carbocycles. The van der Waals surface area contributed by atoms with E-state index in [1.54, 1.807) is 0 Å². The third-order valence-electron chi connectivity index (χ3n) is 3.92. The number of carbonyl (C=O) groups is 1. The Bertz CT molecular complexity index is 518. The van der Waals surface area contributed by atoms with Crippen molar-refractivity contribution in [2.75, 3.05) is 13.1 Å². The van der Waals surface area contributed by atoms with Gasteiger partial charge in [0, 0.05) is 6.54 Å². The fourth-order valence-electron chi connectivity index (χ4n) is 2.87. The lowest BCUT2D eigenvalue weighted by atomic mass is 9.93. The lowest BCUT2D eigenvalue weighted by Gasteiger charge is -2.37. The van der Waals surface area contributed by atoms with Crippen LogP contribution in [0.1, 0.15) is 30.0 Å². The monoisotopic (exact) mass is 292 g/mol. The van der Waals surface area contributed by atoms with E-state index in [0.717, 1.165) is 30.5 Å². The zero-order valence-electron chi connectivity index (χ0n) is 11.6. The predicted molar refractivity (Wildman–Crippen MR) is 82.6 cm³/mol. The molecule has 0 bridgehead atoms. The number of nitrogens with zero attached hydrogens (tertiary/aromatic N) is 1. The van der Waals surface area contributed by atoms with Gasteiger partial charge in [0.2, 0.25) is 0 Å². The summed E-state index contributed by atoms with van der Waals surface area (Å²) in [6, 6.07) is 7.81. The number of carboxylic acids is 1. The van der Waals surface area contributed by atoms with Crippen LogP contribution >= 0.6 is 12.2 Å². The lowest BCUT2D eigenvalue weighted by molar-refractivity contribution is -0.143. The summed E-state index contributed by atoms with van der Waals surface area (Å²) in [5.41, 5.74) is 8.13. The second-order valence-electron chi connectivity index (χ2n) is 5.33. The van der Waals surface area contributed by atoms with Crippen LogP contribution in [0.2, 0.25) is 0 Å². The molecule has 0 saturated carbocycles. The number of nitrogens with two attached hydrogens (primary N) is 1. The first kappa shape index (κ1) is 14.9. The highest BCUT2D eigenvalue weighted by Crippen LogP contribution is 2.29. The van der Waals surface area contributed by atoms with Crippen molar-refractivity contribution >= 4 is 23.2 Å². The molecule has 5 heteroatoms. The van der Waals surface area contributed by atoms with E-state index < -0.39 is 5.97 Å². The van der Waals surface area contributed by atoms with Gasteiger partial charge in [-0.1, -0.05) is 36.5 Å². The quantitative estimate of drug-likeness (QED) is 0.832. The van der Waals surface area contributed by atoms with Gasteiger partial charge in [-0.05, 0) is 37.4 Å². The number of benzene rings is 1. The molecule has 0 radical (unpaired) electrons. The fraction of sp³-hybridized carbons (Fsp3) is 0.467. The van der Waals surface area contributed by atoms with Crippen LogP contribution in [0.4, 0.5) is 0 Å². The Balaban J connectivity index is 2.27. The van der Waals surface area contributed by atoms with Gasteiger partial charge in [0.15, 0.2) is 0 Å². The first-order chi connectivity index (χ1) is 9.50. The van der Waals surface area contributed by atoms with Crippen molar-refractivity contribution in [3.8, 4) is 0 Å². The zero-order valence-corrected chi connectivity index (χ0v) is 12.4. The topological polar surface area (TPSA) is 66.6 Å². The fourth-order valence-corrected chi connectivity index (χ4v) is 3.14. The highest BCUT2D eigenvalue weighted by atomic mass is 32.1. The molecule has 2 rings (SSSR count). The number of aryl methyl sites for hydroxylation is 1. The second kappa shape index (κ2) is 6.33. The Morgan fingerprint density at radius 1 is 1.50 bits per heavy atom. The first-order valence-corrected chi connectivity index (χ1v) is 7.23. The molecule has 2 atom stereocenters. The van der Waals surface area contributed by atoms with E-state index in [1.165, 1.54) is 0 Å². The highest BCUT2D eigenvalue weighted by Gasteiger charge is 2.32.